The van der Waals surface area contributed by atoms with Crippen LogP contribution >= 0.6 is 0 Å². The summed E-state index contributed by atoms with van der Waals surface area (Å²) in [5.74, 6) is -0.0614. The Kier molecular flexibility index (Phi) is 48.6. The summed E-state index contributed by atoms with van der Waals surface area (Å²) in [7, 11) is 0. The maximum absolute atomic E-state index is 12.4. The van der Waals surface area contributed by atoms with Crippen LogP contribution in [-0.4, -0.2) is 47.4 Å². The number of rotatable bonds is 49. The van der Waals surface area contributed by atoms with Gasteiger partial charge in [-0.25, -0.2) is 0 Å². The number of nitrogens with one attached hydrogen (secondary N) is 1. The van der Waals surface area contributed by atoms with Crippen LogP contribution < -0.4 is 5.32 Å². The fourth-order valence-corrected chi connectivity index (χ4v) is 8.14. The van der Waals surface area contributed by atoms with E-state index < -0.39 is 12.1 Å². The molecule has 0 radical (unpaired) electrons. The molecular formula is C54H103NO5. The minimum atomic E-state index is -0.672. The van der Waals surface area contributed by atoms with E-state index in [9.17, 15) is 19.8 Å². The van der Waals surface area contributed by atoms with E-state index in [0.717, 1.165) is 57.8 Å². The molecule has 2 atom stereocenters. The second-order valence-electron chi connectivity index (χ2n) is 18.2. The molecule has 0 aliphatic rings. The van der Waals surface area contributed by atoms with Gasteiger partial charge in [0.05, 0.1) is 25.4 Å². The van der Waals surface area contributed by atoms with Crippen LogP contribution in [0.4, 0.5) is 0 Å². The molecule has 0 heterocycles. The highest BCUT2D eigenvalue weighted by Crippen LogP contribution is 2.16. The van der Waals surface area contributed by atoms with Crippen LogP contribution in [0.3, 0.4) is 0 Å². The van der Waals surface area contributed by atoms with E-state index in [2.05, 4.69) is 43.5 Å². The van der Waals surface area contributed by atoms with Crippen molar-refractivity contribution in [3.8, 4) is 0 Å². The molecule has 6 nitrogen and oxygen atoms in total. The van der Waals surface area contributed by atoms with Gasteiger partial charge in [-0.2, -0.15) is 0 Å². The number of allylic oxidation sites excluding steroid dienone is 4. The predicted molar refractivity (Wildman–Crippen MR) is 260 cm³/mol. The van der Waals surface area contributed by atoms with Crippen LogP contribution in [0.25, 0.3) is 0 Å². The van der Waals surface area contributed by atoms with Crippen molar-refractivity contribution in [1.82, 2.24) is 5.32 Å². The Morgan fingerprint density at radius 2 is 0.833 bits per heavy atom. The summed E-state index contributed by atoms with van der Waals surface area (Å²) in [6.07, 6.45) is 58.6. The number of esters is 1. The molecule has 0 aliphatic heterocycles. The van der Waals surface area contributed by atoms with E-state index in [-0.39, 0.29) is 18.5 Å². The number of unbranched alkanes of at least 4 members (excludes halogenated alkanes) is 34. The zero-order chi connectivity index (χ0) is 43.7. The zero-order valence-electron chi connectivity index (χ0n) is 40.2. The van der Waals surface area contributed by atoms with Gasteiger partial charge in [0.1, 0.15) is 0 Å². The highest BCUT2D eigenvalue weighted by molar-refractivity contribution is 5.76. The molecule has 0 aromatic rings. The number of amides is 1. The van der Waals surface area contributed by atoms with Gasteiger partial charge in [0.15, 0.2) is 0 Å². The number of hydrogen-bond donors (Lipinski definition) is 3. The molecular weight excluding hydrogens is 743 g/mol. The van der Waals surface area contributed by atoms with Gasteiger partial charge in [-0.1, -0.05) is 237 Å². The molecule has 0 fully saturated rings. The second-order valence-corrected chi connectivity index (χ2v) is 18.2. The minimum absolute atomic E-state index is 0.0132. The molecule has 1 amide bonds. The lowest BCUT2D eigenvalue weighted by Gasteiger charge is -2.22. The molecule has 0 saturated heterocycles. The van der Waals surface area contributed by atoms with Crippen molar-refractivity contribution < 1.29 is 24.5 Å². The maximum Gasteiger partial charge on any atom is 0.305 e. The van der Waals surface area contributed by atoms with Crippen molar-refractivity contribution in [2.45, 2.75) is 296 Å². The molecule has 0 rings (SSSR count). The van der Waals surface area contributed by atoms with Gasteiger partial charge in [-0.05, 0) is 57.8 Å². The standard InChI is InChI=1S/C54H103NO5/c1-3-5-7-9-11-13-15-17-18-19-20-24-28-32-36-40-44-48-54(59)60-49-45-41-37-33-29-25-21-23-27-31-35-39-43-47-53(58)55-51(50-56)52(57)46-42-38-34-30-26-22-16-14-12-10-8-6-4-2/h11,13,17-18,51-52,56-57H,3-10,12,14-16,19-50H2,1-2H3,(H,55,58)/b13-11-,18-17-. The SMILES string of the molecule is CCCCC/C=C\C/C=C\CCCCCCCCCC(=O)OCCCCCCCCCCCCCCCC(=O)NC(CO)C(O)CCCCCCCCCCCCCCC. The van der Waals surface area contributed by atoms with Gasteiger partial charge in [0, 0.05) is 12.8 Å². The van der Waals surface area contributed by atoms with Crippen molar-refractivity contribution in [1.29, 1.82) is 0 Å². The molecule has 0 aliphatic carbocycles. The lowest BCUT2D eigenvalue weighted by atomic mass is 10.0. The lowest BCUT2D eigenvalue weighted by Crippen LogP contribution is -2.45. The Labute approximate surface area is 373 Å². The Morgan fingerprint density at radius 3 is 1.30 bits per heavy atom. The van der Waals surface area contributed by atoms with E-state index in [1.54, 1.807) is 0 Å². The first-order chi connectivity index (χ1) is 29.5. The van der Waals surface area contributed by atoms with Crippen LogP contribution in [0.1, 0.15) is 284 Å². The molecule has 2 unspecified atom stereocenters. The van der Waals surface area contributed by atoms with Gasteiger partial charge in [0.2, 0.25) is 5.91 Å². The normalized spacial score (nSPS) is 12.8. The molecule has 3 N–H and O–H groups in total. The number of ether oxygens (including phenoxy) is 1. The van der Waals surface area contributed by atoms with E-state index in [1.807, 2.05) is 0 Å². The first-order valence-corrected chi connectivity index (χ1v) is 26.6. The quantitative estimate of drug-likeness (QED) is 0.0322. The van der Waals surface area contributed by atoms with Gasteiger partial charge in [-0.15, -0.1) is 0 Å². The third-order valence-corrected chi connectivity index (χ3v) is 12.3. The Bertz CT molecular complexity index is 935. The molecule has 0 saturated carbocycles. The van der Waals surface area contributed by atoms with Crippen LogP contribution in [0.2, 0.25) is 0 Å². The fraction of sp³-hybridized carbons (Fsp3) is 0.889. The molecule has 0 spiro atoms. The monoisotopic (exact) mass is 846 g/mol. The maximum atomic E-state index is 12.4. The number of hydrogen-bond acceptors (Lipinski definition) is 5. The Balaban J connectivity index is 3.44. The van der Waals surface area contributed by atoms with Gasteiger partial charge in [-0.3, -0.25) is 9.59 Å². The second kappa shape index (κ2) is 50.0. The van der Waals surface area contributed by atoms with E-state index in [1.165, 1.54) is 193 Å². The number of aliphatic hydroxyl groups is 2. The van der Waals surface area contributed by atoms with Gasteiger partial charge < -0.3 is 20.3 Å². The Morgan fingerprint density at radius 1 is 0.467 bits per heavy atom. The molecule has 0 bridgehead atoms. The largest absolute Gasteiger partial charge is 0.466 e. The summed E-state index contributed by atoms with van der Waals surface area (Å²) in [5.41, 5.74) is 0. The van der Waals surface area contributed by atoms with Gasteiger partial charge in [0.25, 0.3) is 0 Å². The molecule has 354 valence electrons. The smallest absolute Gasteiger partial charge is 0.305 e. The molecule has 0 aromatic heterocycles. The van der Waals surface area contributed by atoms with Crippen molar-refractivity contribution in [2.75, 3.05) is 13.2 Å². The summed E-state index contributed by atoms with van der Waals surface area (Å²) in [4.78, 5) is 24.5. The third-order valence-electron chi connectivity index (χ3n) is 12.3. The van der Waals surface area contributed by atoms with E-state index in [4.69, 9.17) is 4.74 Å². The van der Waals surface area contributed by atoms with Gasteiger partial charge >= 0.3 is 5.97 Å². The molecule has 60 heavy (non-hydrogen) atoms. The van der Waals surface area contributed by atoms with Crippen LogP contribution in [0.5, 0.6) is 0 Å². The highest BCUT2D eigenvalue weighted by Gasteiger charge is 2.20. The summed E-state index contributed by atoms with van der Waals surface area (Å²) in [6, 6.07) is -0.550. The van der Waals surface area contributed by atoms with Crippen molar-refractivity contribution in [2.24, 2.45) is 0 Å². The molecule has 0 aromatic carbocycles. The Hall–Kier alpha value is -1.66. The van der Waals surface area contributed by atoms with E-state index >= 15 is 0 Å². The van der Waals surface area contributed by atoms with Crippen molar-refractivity contribution >= 4 is 11.9 Å². The van der Waals surface area contributed by atoms with Crippen LogP contribution in [-0.2, 0) is 14.3 Å². The van der Waals surface area contributed by atoms with Crippen LogP contribution in [0, 0.1) is 0 Å². The summed E-state index contributed by atoms with van der Waals surface area (Å²) in [6.45, 7) is 4.90. The first kappa shape index (κ1) is 58.3. The lowest BCUT2D eigenvalue weighted by molar-refractivity contribution is -0.143. The summed E-state index contributed by atoms with van der Waals surface area (Å²) < 4.78 is 5.47. The summed E-state index contributed by atoms with van der Waals surface area (Å²) >= 11 is 0. The fourth-order valence-electron chi connectivity index (χ4n) is 8.14. The zero-order valence-corrected chi connectivity index (χ0v) is 40.2. The number of aliphatic hydroxyl groups excluding tert-OH is 2. The predicted octanol–water partition coefficient (Wildman–Crippen LogP) is 15.9. The van der Waals surface area contributed by atoms with Crippen molar-refractivity contribution in [3.63, 3.8) is 0 Å². The van der Waals surface area contributed by atoms with Crippen molar-refractivity contribution in [3.05, 3.63) is 24.3 Å². The van der Waals surface area contributed by atoms with E-state index in [0.29, 0.717) is 25.9 Å². The first-order valence-electron chi connectivity index (χ1n) is 26.6. The average Bonchev–Trinajstić information content (AvgIpc) is 3.25. The number of carbonyl (C=O) groups excluding carboxylic acids is 2. The highest BCUT2D eigenvalue weighted by atomic mass is 16.5. The molecule has 6 heteroatoms. The van der Waals surface area contributed by atoms with Crippen LogP contribution in [0.15, 0.2) is 24.3 Å². The third kappa shape index (κ3) is 45.9. The number of carbonyl (C=O) groups is 2. The minimum Gasteiger partial charge on any atom is -0.466 e. The average molecular weight is 846 g/mol. The summed E-state index contributed by atoms with van der Waals surface area (Å²) in [5, 5.41) is 23.2. The topological polar surface area (TPSA) is 95.9 Å².